The van der Waals surface area contributed by atoms with Gasteiger partial charge in [-0.3, -0.25) is 9.36 Å². The summed E-state index contributed by atoms with van der Waals surface area (Å²) in [6, 6.07) is 13.5. The third kappa shape index (κ3) is 5.70. The summed E-state index contributed by atoms with van der Waals surface area (Å²) >= 11 is 7.57. The summed E-state index contributed by atoms with van der Waals surface area (Å²) in [6.07, 6.45) is 0. The Labute approximate surface area is 206 Å². The number of sulfonamides is 1. The van der Waals surface area contributed by atoms with E-state index in [9.17, 15) is 13.2 Å². The van der Waals surface area contributed by atoms with E-state index in [0.29, 0.717) is 47.9 Å². The van der Waals surface area contributed by atoms with Crippen molar-refractivity contribution in [3.05, 3.63) is 59.1 Å². The molecule has 1 aliphatic heterocycles. The van der Waals surface area contributed by atoms with Gasteiger partial charge in [0.15, 0.2) is 5.16 Å². The Kier molecular flexibility index (Phi) is 7.73. The Morgan fingerprint density at radius 3 is 2.53 bits per heavy atom. The number of ether oxygens (including phenoxy) is 1. The third-order valence-electron chi connectivity index (χ3n) is 5.11. The minimum atomic E-state index is -3.60. The van der Waals surface area contributed by atoms with Crippen LogP contribution in [0, 0.1) is 0 Å². The number of carbonyl (C=O) groups excluding carboxylic acids is 1. The first-order chi connectivity index (χ1) is 16.3. The number of aromatic nitrogens is 3. The lowest BCUT2D eigenvalue weighted by molar-refractivity contribution is -0.116. The van der Waals surface area contributed by atoms with Gasteiger partial charge in [0, 0.05) is 29.6 Å². The van der Waals surface area contributed by atoms with Crippen molar-refractivity contribution >= 4 is 50.9 Å². The van der Waals surface area contributed by atoms with Crippen molar-refractivity contribution in [2.75, 3.05) is 37.4 Å². The van der Waals surface area contributed by atoms with Gasteiger partial charge in [-0.2, -0.15) is 4.31 Å². The molecule has 1 saturated heterocycles. The first-order valence-corrected chi connectivity index (χ1v) is 13.2. The van der Waals surface area contributed by atoms with Gasteiger partial charge in [-0.15, -0.1) is 10.2 Å². The Morgan fingerprint density at radius 2 is 1.82 bits per heavy atom. The maximum absolute atomic E-state index is 12.7. The second-order valence-corrected chi connectivity index (χ2v) is 10.7. The minimum absolute atomic E-state index is 0.0997. The highest BCUT2D eigenvalue weighted by atomic mass is 35.5. The number of morpholine rings is 1. The Bertz CT molecular complexity index is 1260. The second-order valence-electron chi connectivity index (χ2n) is 7.40. The van der Waals surface area contributed by atoms with Crippen LogP contribution in [-0.4, -0.2) is 59.7 Å². The van der Waals surface area contributed by atoms with Gasteiger partial charge in [0.05, 0.1) is 18.1 Å². The molecular formula is C21H23ClN6O4S2. The maximum atomic E-state index is 12.7. The lowest BCUT2D eigenvalue weighted by Gasteiger charge is -2.26. The molecule has 34 heavy (non-hydrogen) atoms. The van der Waals surface area contributed by atoms with Crippen molar-refractivity contribution in [3.63, 3.8) is 0 Å². The van der Waals surface area contributed by atoms with Crippen LogP contribution in [-0.2, 0) is 31.9 Å². The van der Waals surface area contributed by atoms with E-state index in [1.165, 1.54) is 32.8 Å². The van der Waals surface area contributed by atoms with Crippen LogP contribution in [0.3, 0.4) is 0 Å². The first kappa shape index (κ1) is 24.5. The molecule has 0 atom stereocenters. The highest BCUT2D eigenvalue weighted by Crippen LogP contribution is 2.26. The quantitative estimate of drug-likeness (QED) is 0.431. The van der Waals surface area contributed by atoms with E-state index in [2.05, 4.69) is 15.5 Å². The predicted octanol–water partition coefficient (Wildman–Crippen LogP) is 2.47. The fourth-order valence-electron chi connectivity index (χ4n) is 3.30. The van der Waals surface area contributed by atoms with Crippen LogP contribution in [0.4, 0.5) is 11.6 Å². The molecule has 180 valence electrons. The predicted molar refractivity (Wildman–Crippen MR) is 130 cm³/mol. The monoisotopic (exact) mass is 522 g/mol. The van der Waals surface area contributed by atoms with E-state index in [1.54, 1.807) is 18.2 Å². The normalized spacial score (nSPS) is 14.7. The van der Waals surface area contributed by atoms with E-state index in [-0.39, 0.29) is 23.3 Å². The molecule has 0 radical (unpaired) electrons. The summed E-state index contributed by atoms with van der Waals surface area (Å²) in [7, 11) is -3.60. The standard InChI is InChI=1S/C21H23ClN6O4S2/c22-18-4-2-1-3-15(18)14-33-21-26-25-20(23)28(21)13-19(29)24-16-5-7-17(8-6-16)34(30,31)27-9-11-32-12-10-27/h1-8H,9-14H2,(H2,23,25)(H,24,29). The maximum Gasteiger partial charge on any atom is 0.244 e. The van der Waals surface area contributed by atoms with Gasteiger partial charge in [0.25, 0.3) is 0 Å². The smallest absolute Gasteiger partial charge is 0.244 e. The summed E-state index contributed by atoms with van der Waals surface area (Å²) in [4.78, 5) is 12.8. The van der Waals surface area contributed by atoms with Crippen LogP contribution in [0.5, 0.6) is 0 Å². The van der Waals surface area contributed by atoms with Crippen LogP contribution in [0.25, 0.3) is 0 Å². The Balaban J connectivity index is 1.38. The van der Waals surface area contributed by atoms with Gasteiger partial charge in [-0.25, -0.2) is 8.42 Å². The fourth-order valence-corrected chi connectivity index (χ4v) is 5.94. The molecule has 1 amide bonds. The number of carbonyl (C=O) groups is 1. The lowest BCUT2D eigenvalue weighted by atomic mass is 10.2. The summed E-state index contributed by atoms with van der Waals surface area (Å²) in [5.41, 5.74) is 7.30. The number of halogens is 1. The van der Waals surface area contributed by atoms with Crippen LogP contribution in [0.2, 0.25) is 5.02 Å². The third-order valence-corrected chi connectivity index (χ3v) is 8.40. The molecule has 1 fully saturated rings. The zero-order valence-corrected chi connectivity index (χ0v) is 20.4. The second kappa shape index (κ2) is 10.7. The van der Waals surface area contributed by atoms with E-state index >= 15 is 0 Å². The number of nitrogens with one attached hydrogen (secondary N) is 1. The molecule has 0 saturated carbocycles. The molecule has 2 heterocycles. The molecule has 0 spiro atoms. The summed E-state index contributed by atoms with van der Waals surface area (Å²) < 4.78 is 33.6. The number of hydrogen-bond donors (Lipinski definition) is 2. The van der Waals surface area contributed by atoms with Crippen molar-refractivity contribution in [1.29, 1.82) is 0 Å². The van der Waals surface area contributed by atoms with Crippen LogP contribution in [0.15, 0.2) is 58.6 Å². The van der Waals surface area contributed by atoms with E-state index in [4.69, 9.17) is 22.1 Å². The minimum Gasteiger partial charge on any atom is -0.379 e. The van der Waals surface area contributed by atoms with Crippen molar-refractivity contribution < 1.29 is 17.9 Å². The van der Waals surface area contributed by atoms with Gasteiger partial charge < -0.3 is 15.8 Å². The summed E-state index contributed by atoms with van der Waals surface area (Å²) in [5, 5.41) is 11.8. The number of benzene rings is 2. The van der Waals surface area contributed by atoms with Gasteiger partial charge in [0.1, 0.15) is 6.54 Å². The SMILES string of the molecule is Nc1nnc(SCc2ccccc2Cl)n1CC(=O)Nc1ccc(S(=O)(=O)N2CCOCC2)cc1. The van der Waals surface area contributed by atoms with Crippen LogP contribution >= 0.6 is 23.4 Å². The molecule has 4 rings (SSSR count). The number of anilines is 2. The summed E-state index contributed by atoms with van der Waals surface area (Å²) in [6.45, 7) is 1.28. The molecule has 3 aromatic rings. The highest BCUT2D eigenvalue weighted by molar-refractivity contribution is 7.98. The largest absolute Gasteiger partial charge is 0.379 e. The number of nitrogen functional groups attached to an aromatic ring is 1. The number of rotatable bonds is 8. The van der Waals surface area contributed by atoms with Crippen molar-refractivity contribution in [3.8, 4) is 0 Å². The highest BCUT2D eigenvalue weighted by Gasteiger charge is 2.26. The first-order valence-electron chi connectivity index (χ1n) is 10.4. The average molecular weight is 523 g/mol. The molecular weight excluding hydrogens is 500 g/mol. The molecule has 3 N–H and O–H groups in total. The van der Waals surface area contributed by atoms with Crippen molar-refractivity contribution in [2.24, 2.45) is 0 Å². The average Bonchev–Trinajstić information content (AvgIpc) is 3.18. The van der Waals surface area contributed by atoms with Gasteiger partial charge in [0.2, 0.25) is 21.9 Å². The number of nitrogens with zero attached hydrogens (tertiary/aromatic N) is 4. The number of hydrogen-bond acceptors (Lipinski definition) is 8. The molecule has 1 aromatic heterocycles. The molecule has 1 aliphatic rings. The molecule has 0 unspecified atom stereocenters. The number of thioether (sulfide) groups is 1. The molecule has 2 aromatic carbocycles. The van der Waals surface area contributed by atoms with Gasteiger partial charge in [-0.05, 0) is 35.9 Å². The van der Waals surface area contributed by atoms with Crippen molar-refractivity contribution in [1.82, 2.24) is 19.1 Å². The van der Waals surface area contributed by atoms with Crippen LogP contribution < -0.4 is 11.1 Å². The van der Waals surface area contributed by atoms with E-state index in [0.717, 1.165) is 5.56 Å². The van der Waals surface area contributed by atoms with E-state index < -0.39 is 10.0 Å². The molecule has 0 aliphatic carbocycles. The Morgan fingerprint density at radius 1 is 1.12 bits per heavy atom. The van der Waals surface area contributed by atoms with Crippen LogP contribution in [0.1, 0.15) is 5.56 Å². The topological polar surface area (TPSA) is 132 Å². The fraction of sp³-hybridized carbons (Fsp3) is 0.286. The van der Waals surface area contributed by atoms with Gasteiger partial charge in [-0.1, -0.05) is 41.6 Å². The lowest BCUT2D eigenvalue weighted by Crippen LogP contribution is -2.40. The molecule has 0 bridgehead atoms. The molecule has 10 nitrogen and oxygen atoms in total. The van der Waals surface area contributed by atoms with Gasteiger partial charge >= 0.3 is 0 Å². The zero-order valence-electron chi connectivity index (χ0n) is 18.1. The Hall–Kier alpha value is -2.64. The number of amides is 1. The zero-order chi connectivity index (χ0) is 24.1. The van der Waals surface area contributed by atoms with E-state index in [1.807, 2.05) is 18.2 Å². The number of nitrogens with two attached hydrogens (primary N) is 1. The molecule has 13 heteroatoms. The summed E-state index contributed by atoms with van der Waals surface area (Å²) in [5.74, 6) is 0.303. The van der Waals surface area contributed by atoms with Crippen molar-refractivity contribution in [2.45, 2.75) is 22.3 Å².